The Kier molecular flexibility index (Phi) is 1.18. The molecule has 0 amide bonds. The number of rotatable bonds is 0. The largest absolute Gasteiger partial charge is 0.310 e. The van der Waals surface area contributed by atoms with Crippen LogP contribution in [0.25, 0.3) is 0 Å². The predicted octanol–water partition coefficient (Wildman–Crippen LogP) is 0.501. The summed E-state index contributed by atoms with van der Waals surface area (Å²) in [5, 5.41) is 14.2. The molecule has 2 heterocycles. The van der Waals surface area contributed by atoms with Gasteiger partial charge in [0.25, 0.3) is 5.56 Å². The molecule has 0 aliphatic carbocycles. The Labute approximate surface area is 66.9 Å². The van der Waals surface area contributed by atoms with Gasteiger partial charge in [0.2, 0.25) is 0 Å². The first-order valence-electron chi connectivity index (χ1n) is 3.30. The van der Waals surface area contributed by atoms with Gasteiger partial charge in [-0.15, -0.1) is 10.2 Å². The summed E-state index contributed by atoms with van der Waals surface area (Å²) in [6.07, 6.45) is 0. The number of amidine groups is 1. The van der Waals surface area contributed by atoms with E-state index in [1.54, 1.807) is 6.92 Å². The van der Waals surface area contributed by atoms with Crippen LogP contribution in [0, 0.1) is 12.3 Å². The van der Waals surface area contributed by atoms with Crippen molar-refractivity contribution in [3.63, 3.8) is 0 Å². The van der Waals surface area contributed by atoms with Gasteiger partial charge < -0.3 is 4.98 Å². The van der Waals surface area contributed by atoms with Gasteiger partial charge in [0.1, 0.15) is 11.4 Å². The van der Waals surface area contributed by atoms with Crippen molar-refractivity contribution < 1.29 is 0 Å². The summed E-state index contributed by atoms with van der Waals surface area (Å²) in [5.74, 6) is 0.590. The van der Waals surface area contributed by atoms with Crippen LogP contribution in [0.1, 0.15) is 11.4 Å². The molecule has 12 heavy (non-hydrogen) atoms. The maximum absolute atomic E-state index is 11.2. The number of aryl methyl sites for hydroxylation is 1. The normalized spacial score (nSPS) is 13.6. The molecule has 1 aromatic heterocycles. The van der Waals surface area contributed by atoms with Crippen molar-refractivity contribution in [2.75, 3.05) is 0 Å². The lowest BCUT2D eigenvalue weighted by Gasteiger charge is -1.94. The van der Waals surface area contributed by atoms with Crippen molar-refractivity contribution in [2.45, 2.75) is 6.92 Å². The lowest BCUT2D eigenvalue weighted by Crippen LogP contribution is -2.16. The summed E-state index contributed by atoms with van der Waals surface area (Å²) >= 11 is 0. The summed E-state index contributed by atoms with van der Waals surface area (Å²) in [7, 11) is 0. The minimum atomic E-state index is -0.354. The summed E-state index contributed by atoms with van der Waals surface area (Å²) in [4.78, 5) is 17.6. The lowest BCUT2D eigenvalue weighted by molar-refractivity contribution is 1.01. The Hall–Kier alpha value is -1.85. The average molecular weight is 163 g/mol. The Morgan fingerprint density at radius 2 is 2.17 bits per heavy atom. The molecule has 2 N–H and O–H groups in total. The second kappa shape index (κ2) is 2.07. The minimum absolute atomic E-state index is 0.126. The van der Waals surface area contributed by atoms with Crippen LogP contribution in [0.5, 0.6) is 0 Å². The minimum Gasteiger partial charge on any atom is -0.310 e. The molecule has 0 unspecified atom stereocenters. The number of fused-ring (bicyclic) bond motifs is 1. The number of nitrogens with one attached hydrogen (secondary N) is 2. The van der Waals surface area contributed by atoms with E-state index in [4.69, 9.17) is 5.41 Å². The number of aromatic nitrogens is 2. The Morgan fingerprint density at radius 3 is 2.92 bits per heavy atom. The zero-order valence-corrected chi connectivity index (χ0v) is 6.25. The van der Waals surface area contributed by atoms with Crippen LogP contribution in [0.15, 0.2) is 15.0 Å². The predicted molar refractivity (Wildman–Crippen MR) is 40.9 cm³/mol. The van der Waals surface area contributed by atoms with E-state index in [0.29, 0.717) is 5.82 Å². The lowest BCUT2D eigenvalue weighted by atomic mass is 10.3. The van der Waals surface area contributed by atoms with E-state index in [1.165, 1.54) is 0 Å². The van der Waals surface area contributed by atoms with Crippen LogP contribution in [0.2, 0.25) is 0 Å². The zero-order chi connectivity index (χ0) is 8.72. The third-order valence-corrected chi connectivity index (χ3v) is 1.50. The van der Waals surface area contributed by atoms with Crippen molar-refractivity contribution in [2.24, 2.45) is 10.2 Å². The highest BCUT2D eigenvalue weighted by Crippen LogP contribution is 2.19. The molecule has 60 valence electrons. The van der Waals surface area contributed by atoms with Crippen molar-refractivity contribution in [3.8, 4) is 0 Å². The van der Waals surface area contributed by atoms with Crippen LogP contribution in [-0.2, 0) is 0 Å². The quantitative estimate of drug-likeness (QED) is 0.582. The molecule has 0 spiro atoms. The Bertz CT molecular complexity index is 444. The monoisotopic (exact) mass is 163 g/mol. The second-order valence-corrected chi connectivity index (χ2v) is 2.40. The average Bonchev–Trinajstić information content (AvgIpc) is 2.31. The van der Waals surface area contributed by atoms with Gasteiger partial charge in [0.15, 0.2) is 11.7 Å². The number of azo groups is 1. The van der Waals surface area contributed by atoms with Gasteiger partial charge in [-0.1, -0.05) is 0 Å². The van der Waals surface area contributed by atoms with E-state index in [-0.39, 0.29) is 22.8 Å². The Morgan fingerprint density at radius 1 is 1.42 bits per heavy atom. The molecule has 1 aromatic rings. The van der Waals surface area contributed by atoms with Crippen LogP contribution in [0.4, 0.5) is 5.82 Å². The van der Waals surface area contributed by atoms with E-state index < -0.39 is 0 Å². The van der Waals surface area contributed by atoms with Crippen LogP contribution in [-0.4, -0.2) is 15.8 Å². The molecule has 0 saturated carbocycles. The van der Waals surface area contributed by atoms with Crippen molar-refractivity contribution in [3.05, 3.63) is 21.7 Å². The standard InChI is InChI=1S/C6H5N5O/c1-2-8-5-3(6(12)9-2)4(7)10-11-5/h7H,1H3,(H,8,9,12). The first-order valence-corrected chi connectivity index (χ1v) is 3.30. The molecule has 0 radical (unpaired) electrons. The van der Waals surface area contributed by atoms with E-state index in [1.807, 2.05) is 0 Å². The van der Waals surface area contributed by atoms with Crippen LogP contribution >= 0.6 is 0 Å². The van der Waals surface area contributed by atoms with E-state index in [2.05, 4.69) is 20.2 Å². The number of hydrogen-bond acceptors (Lipinski definition) is 4. The van der Waals surface area contributed by atoms with Crippen LogP contribution < -0.4 is 5.56 Å². The number of nitrogens with zero attached hydrogens (tertiary/aromatic N) is 3. The Balaban J connectivity index is 2.83. The zero-order valence-electron chi connectivity index (χ0n) is 6.25. The molecule has 1 aliphatic rings. The highest BCUT2D eigenvalue weighted by atomic mass is 16.1. The topological polar surface area (TPSA) is 94.3 Å². The summed E-state index contributed by atoms with van der Waals surface area (Å²) < 4.78 is 0. The third kappa shape index (κ3) is 0.777. The molecule has 1 aliphatic heterocycles. The molecule has 2 rings (SSSR count). The molecule has 0 saturated heterocycles. The van der Waals surface area contributed by atoms with Crippen LogP contribution in [0.3, 0.4) is 0 Å². The fourth-order valence-corrected chi connectivity index (χ4v) is 1.00. The highest BCUT2D eigenvalue weighted by molar-refractivity contribution is 6.02. The number of hydrogen-bond donors (Lipinski definition) is 2. The molecule has 0 fully saturated rings. The first-order chi connectivity index (χ1) is 5.68. The summed E-state index contributed by atoms with van der Waals surface area (Å²) in [5.41, 5.74) is -0.201. The van der Waals surface area contributed by atoms with Gasteiger partial charge in [-0.25, -0.2) is 4.98 Å². The number of H-pyrrole nitrogens is 1. The summed E-state index contributed by atoms with van der Waals surface area (Å²) in [6, 6.07) is 0. The number of aromatic amines is 1. The molecular weight excluding hydrogens is 158 g/mol. The molecule has 0 bridgehead atoms. The van der Waals surface area contributed by atoms with Crippen molar-refractivity contribution in [1.29, 1.82) is 5.41 Å². The van der Waals surface area contributed by atoms with Gasteiger partial charge >= 0.3 is 0 Å². The van der Waals surface area contributed by atoms with Crippen molar-refractivity contribution in [1.82, 2.24) is 9.97 Å². The molecule has 6 heteroatoms. The van der Waals surface area contributed by atoms with Gasteiger partial charge in [-0.3, -0.25) is 10.2 Å². The van der Waals surface area contributed by atoms with Crippen molar-refractivity contribution >= 4 is 11.7 Å². The van der Waals surface area contributed by atoms with E-state index in [9.17, 15) is 4.79 Å². The van der Waals surface area contributed by atoms with E-state index in [0.717, 1.165) is 0 Å². The maximum Gasteiger partial charge on any atom is 0.264 e. The molecular formula is C6H5N5O. The summed E-state index contributed by atoms with van der Waals surface area (Å²) in [6.45, 7) is 1.65. The van der Waals surface area contributed by atoms with Gasteiger partial charge in [-0.05, 0) is 6.92 Å². The van der Waals surface area contributed by atoms with Gasteiger partial charge in [0, 0.05) is 0 Å². The molecule has 0 aromatic carbocycles. The SMILES string of the molecule is Cc1nc2c(c(=O)[nH]1)C(=N)N=N2. The highest BCUT2D eigenvalue weighted by Gasteiger charge is 2.19. The molecule has 0 atom stereocenters. The van der Waals surface area contributed by atoms with Gasteiger partial charge in [0.05, 0.1) is 0 Å². The fraction of sp³-hybridized carbons (Fsp3) is 0.167. The molecule has 6 nitrogen and oxygen atoms in total. The smallest absolute Gasteiger partial charge is 0.264 e. The van der Waals surface area contributed by atoms with E-state index >= 15 is 0 Å². The first kappa shape index (κ1) is 6.84. The fourth-order valence-electron chi connectivity index (χ4n) is 1.00. The van der Waals surface area contributed by atoms with Gasteiger partial charge in [-0.2, -0.15) is 0 Å². The second-order valence-electron chi connectivity index (χ2n) is 2.40. The third-order valence-electron chi connectivity index (χ3n) is 1.50. The maximum atomic E-state index is 11.2.